The molecule has 0 saturated heterocycles. The first-order chi connectivity index (χ1) is 13.6. The van der Waals surface area contributed by atoms with E-state index < -0.39 is 17.4 Å². The number of benzene rings is 1. The number of carboxylic acids is 1. The highest BCUT2D eigenvalue weighted by Gasteiger charge is 2.19. The van der Waals surface area contributed by atoms with Gasteiger partial charge in [-0.1, -0.05) is 30.3 Å². The maximum absolute atomic E-state index is 13.2. The number of fused-ring (bicyclic) bond motifs is 1. The van der Waals surface area contributed by atoms with Gasteiger partial charge in [-0.15, -0.1) is 0 Å². The molecule has 3 aromatic heterocycles. The molecule has 0 spiro atoms. The molecule has 0 fully saturated rings. The number of carboxylic acid groups (broad SMARTS) is 1. The Labute approximate surface area is 158 Å². The second-order valence-electron chi connectivity index (χ2n) is 6.12. The summed E-state index contributed by atoms with van der Waals surface area (Å²) >= 11 is 0. The zero-order chi connectivity index (χ0) is 19.7. The van der Waals surface area contributed by atoms with Crippen LogP contribution in [0.25, 0.3) is 22.0 Å². The summed E-state index contributed by atoms with van der Waals surface area (Å²) in [6.45, 7) is 0.227. The molecule has 138 valence electrons. The third-order valence-electron chi connectivity index (χ3n) is 4.38. The van der Waals surface area contributed by atoms with E-state index in [1.165, 1.54) is 35.6 Å². The van der Waals surface area contributed by atoms with Crippen LogP contribution in [-0.4, -0.2) is 35.7 Å². The van der Waals surface area contributed by atoms with Gasteiger partial charge in [0, 0.05) is 23.3 Å². The summed E-state index contributed by atoms with van der Waals surface area (Å²) in [7, 11) is 0. The lowest BCUT2D eigenvalue weighted by molar-refractivity contribution is 0.0687. The molecule has 2 N–H and O–H groups in total. The number of aromatic hydroxyl groups is 1. The highest BCUT2D eigenvalue weighted by molar-refractivity contribution is 5.98. The van der Waals surface area contributed by atoms with Crippen molar-refractivity contribution in [2.75, 3.05) is 0 Å². The van der Waals surface area contributed by atoms with Gasteiger partial charge in [-0.3, -0.25) is 4.79 Å². The molecule has 0 radical (unpaired) electrons. The van der Waals surface area contributed by atoms with E-state index in [1.807, 2.05) is 30.3 Å². The highest BCUT2D eigenvalue weighted by atomic mass is 16.4. The predicted octanol–water partition coefficient (Wildman–Crippen LogP) is 2.31. The van der Waals surface area contributed by atoms with Gasteiger partial charge < -0.3 is 14.8 Å². The molecule has 3 heterocycles. The first kappa shape index (κ1) is 17.3. The Morgan fingerprint density at radius 2 is 1.79 bits per heavy atom. The van der Waals surface area contributed by atoms with Gasteiger partial charge in [0.1, 0.15) is 6.33 Å². The van der Waals surface area contributed by atoms with Crippen LogP contribution < -0.4 is 5.56 Å². The molecule has 4 aromatic rings. The molecule has 1 aromatic carbocycles. The maximum atomic E-state index is 13.2. The summed E-state index contributed by atoms with van der Waals surface area (Å²) in [5.41, 5.74) is 1.11. The second kappa shape index (κ2) is 6.92. The Bertz CT molecular complexity index is 1240. The Morgan fingerprint density at radius 1 is 1.07 bits per heavy atom. The smallest absolute Gasteiger partial charge is 0.358 e. The third-order valence-corrected chi connectivity index (χ3v) is 4.38. The van der Waals surface area contributed by atoms with Gasteiger partial charge in [0.15, 0.2) is 11.4 Å². The number of aromatic nitrogens is 4. The quantitative estimate of drug-likeness (QED) is 0.563. The van der Waals surface area contributed by atoms with Crippen molar-refractivity contribution in [3.05, 3.63) is 82.9 Å². The highest BCUT2D eigenvalue weighted by Crippen LogP contribution is 2.29. The van der Waals surface area contributed by atoms with Crippen molar-refractivity contribution in [2.24, 2.45) is 0 Å². The molecule has 0 unspecified atom stereocenters. The van der Waals surface area contributed by atoms with Gasteiger partial charge >= 0.3 is 5.97 Å². The molecular weight excluding hydrogens is 360 g/mol. The number of aromatic carboxylic acids is 1. The van der Waals surface area contributed by atoms with Gasteiger partial charge in [-0.25, -0.2) is 19.7 Å². The summed E-state index contributed by atoms with van der Waals surface area (Å²) in [5.74, 6) is -1.85. The Balaban J connectivity index is 2.05. The maximum Gasteiger partial charge on any atom is 0.358 e. The normalized spacial score (nSPS) is 10.9. The monoisotopic (exact) mass is 374 g/mol. The van der Waals surface area contributed by atoms with Gasteiger partial charge in [0.05, 0.1) is 23.8 Å². The van der Waals surface area contributed by atoms with Gasteiger partial charge in [0.2, 0.25) is 0 Å². The number of rotatable bonds is 4. The Hall–Kier alpha value is -4.07. The number of hydrogen-bond acceptors (Lipinski definition) is 6. The molecule has 0 saturated carbocycles. The van der Waals surface area contributed by atoms with Gasteiger partial charge in [0.25, 0.3) is 5.56 Å². The van der Waals surface area contributed by atoms with Crippen LogP contribution in [-0.2, 0) is 6.54 Å². The van der Waals surface area contributed by atoms with Gasteiger partial charge in [-0.2, -0.15) is 0 Å². The minimum absolute atomic E-state index is 0.210. The summed E-state index contributed by atoms with van der Waals surface area (Å²) in [4.78, 5) is 36.2. The van der Waals surface area contributed by atoms with Crippen molar-refractivity contribution >= 4 is 16.9 Å². The van der Waals surface area contributed by atoms with E-state index in [9.17, 15) is 19.8 Å². The molecule has 4 rings (SSSR count). The molecule has 8 nitrogen and oxygen atoms in total. The van der Waals surface area contributed by atoms with Crippen molar-refractivity contribution in [1.29, 1.82) is 0 Å². The van der Waals surface area contributed by atoms with Crippen LogP contribution in [0.1, 0.15) is 16.1 Å². The van der Waals surface area contributed by atoms with Crippen LogP contribution in [0.15, 0.2) is 66.1 Å². The SMILES string of the molecule is O=C(O)c1ncc2c(cc(-c3cncnc3)c(=O)n2Cc2ccccc2)c1O. The van der Waals surface area contributed by atoms with E-state index in [0.29, 0.717) is 11.1 Å². The summed E-state index contributed by atoms with van der Waals surface area (Å²) in [6, 6.07) is 10.8. The fourth-order valence-corrected chi connectivity index (χ4v) is 3.05. The number of hydrogen-bond donors (Lipinski definition) is 2. The summed E-state index contributed by atoms with van der Waals surface area (Å²) in [5, 5.41) is 20.0. The zero-order valence-electron chi connectivity index (χ0n) is 14.5. The third kappa shape index (κ3) is 2.96. The first-order valence-electron chi connectivity index (χ1n) is 8.34. The van der Waals surface area contributed by atoms with Crippen molar-refractivity contribution in [2.45, 2.75) is 6.54 Å². The first-order valence-corrected chi connectivity index (χ1v) is 8.34. The average molecular weight is 374 g/mol. The van der Waals surface area contributed by atoms with Crippen molar-refractivity contribution in [3.8, 4) is 16.9 Å². The fourth-order valence-electron chi connectivity index (χ4n) is 3.05. The molecule has 8 heteroatoms. The molecule has 0 aliphatic heterocycles. The van der Waals surface area contributed by atoms with Crippen LogP contribution in [0, 0.1) is 0 Å². The molecule has 0 amide bonds. The lowest BCUT2D eigenvalue weighted by atomic mass is 10.1. The lowest BCUT2D eigenvalue weighted by Gasteiger charge is -2.14. The molecular formula is C20H14N4O4. The summed E-state index contributed by atoms with van der Waals surface area (Å²) in [6.07, 6.45) is 5.60. The Kier molecular flexibility index (Phi) is 4.29. The molecule has 0 bridgehead atoms. The second-order valence-corrected chi connectivity index (χ2v) is 6.12. The zero-order valence-corrected chi connectivity index (χ0v) is 14.5. The summed E-state index contributed by atoms with van der Waals surface area (Å²) < 4.78 is 1.45. The molecule has 28 heavy (non-hydrogen) atoms. The van der Waals surface area contributed by atoms with E-state index in [1.54, 1.807) is 0 Å². The van der Waals surface area contributed by atoms with E-state index in [4.69, 9.17) is 0 Å². The number of pyridine rings is 2. The van der Waals surface area contributed by atoms with Crippen LogP contribution in [0.3, 0.4) is 0 Å². The van der Waals surface area contributed by atoms with Crippen molar-refractivity contribution < 1.29 is 15.0 Å². The van der Waals surface area contributed by atoms with E-state index in [0.717, 1.165) is 5.56 Å². The van der Waals surface area contributed by atoms with E-state index in [-0.39, 0.29) is 23.1 Å². The van der Waals surface area contributed by atoms with Crippen LogP contribution in [0.5, 0.6) is 5.75 Å². The van der Waals surface area contributed by atoms with Crippen molar-refractivity contribution in [3.63, 3.8) is 0 Å². The number of nitrogens with zero attached hydrogens (tertiary/aromatic N) is 4. The lowest BCUT2D eigenvalue weighted by Crippen LogP contribution is -2.23. The molecule has 0 atom stereocenters. The number of carbonyl (C=O) groups is 1. The standard InChI is InChI=1S/C20H14N4O4/c25-18-15-6-14(13-7-21-11-22-8-13)19(26)24(10-12-4-2-1-3-5-12)16(15)9-23-17(18)20(27)28/h1-9,11,25H,10H2,(H,27,28). The topological polar surface area (TPSA) is 118 Å². The Morgan fingerprint density at radius 3 is 2.46 bits per heavy atom. The van der Waals surface area contributed by atoms with Crippen LogP contribution in [0.2, 0.25) is 0 Å². The van der Waals surface area contributed by atoms with Crippen LogP contribution >= 0.6 is 0 Å². The minimum atomic E-state index is -1.36. The average Bonchev–Trinajstić information content (AvgIpc) is 2.71. The fraction of sp³-hybridized carbons (Fsp3) is 0.0500. The minimum Gasteiger partial charge on any atom is -0.505 e. The molecule has 0 aliphatic carbocycles. The van der Waals surface area contributed by atoms with E-state index in [2.05, 4.69) is 15.0 Å². The van der Waals surface area contributed by atoms with E-state index >= 15 is 0 Å². The van der Waals surface area contributed by atoms with Gasteiger partial charge in [-0.05, 0) is 11.6 Å². The van der Waals surface area contributed by atoms with Crippen molar-refractivity contribution in [1.82, 2.24) is 19.5 Å². The van der Waals surface area contributed by atoms with Crippen LogP contribution in [0.4, 0.5) is 0 Å². The predicted molar refractivity (Wildman–Crippen MR) is 101 cm³/mol. The molecule has 0 aliphatic rings. The largest absolute Gasteiger partial charge is 0.505 e.